The van der Waals surface area contributed by atoms with Gasteiger partial charge in [-0.2, -0.15) is 15.5 Å². The van der Waals surface area contributed by atoms with Gasteiger partial charge in [0.05, 0.1) is 31.5 Å². The third kappa shape index (κ3) is 8.34. The van der Waals surface area contributed by atoms with E-state index in [0.717, 1.165) is 92.0 Å². The zero-order valence-electron chi connectivity index (χ0n) is 41.5. The van der Waals surface area contributed by atoms with E-state index in [1.54, 1.807) is 55.3 Å². The van der Waals surface area contributed by atoms with Crippen LogP contribution < -0.4 is 24.6 Å². The Labute approximate surface area is 409 Å². The van der Waals surface area contributed by atoms with Gasteiger partial charge in [-0.05, 0) is 116 Å². The second-order valence-electron chi connectivity index (χ2n) is 21.7. The molecule has 0 radical (unpaired) electrons. The number of nitrogens with zero attached hydrogens (tertiary/aromatic N) is 8. The normalized spacial score (nSPS) is 21.4. The van der Waals surface area contributed by atoms with Gasteiger partial charge in [-0.1, -0.05) is 27.7 Å². The minimum Gasteiger partial charge on any atom is -0.495 e. The molecular formula is C55H65F2N9O4. The van der Waals surface area contributed by atoms with Crippen molar-refractivity contribution in [2.24, 2.45) is 23.3 Å². The van der Waals surface area contributed by atoms with Crippen LogP contribution in [0.25, 0.3) is 11.1 Å². The lowest BCUT2D eigenvalue weighted by Crippen LogP contribution is -2.74. The molecule has 0 atom stereocenters. The summed E-state index contributed by atoms with van der Waals surface area (Å²) in [6.07, 6.45) is 9.28. The maximum Gasteiger partial charge on any atom is 0.264 e. The first-order valence-corrected chi connectivity index (χ1v) is 25.0. The highest BCUT2D eigenvalue weighted by atomic mass is 19.3. The highest BCUT2D eigenvalue weighted by Crippen LogP contribution is 2.56. The maximum atomic E-state index is 14.8. The van der Waals surface area contributed by atoms with Gasteiger partial charge in [0.2, 0.25) is 5.91 Å². The standard InChI is InChI=1S/C55H65F2N9O4/c1-34(67)63-25-19-45-44(32-63)49(65-24-8-10-36-26-42(38-30-59-62(6)31-38)43(48(56)57)28-46(36)65)61-66(45)40-17-21-55(22-18-40)20-9-23-64(33-55)39-14-11-35(12-15-39)50(68)60-51-53(2,3)52(54(51,4)5)70-41-16-13-37(29-58)47(27-41)69-7/h11-16,26-28,30-31,40,48,51-52H,8-10,17-25,32-33H2,1-7H3,(H,60,68). The smallest absolute Gasteiger partial charge is 0.264 e. The number of benzene rings is 3. The molecule has 5 aromatic rings. The number of carbonyl (C=O) groups is 2. The van der Waals surface area contributed by atoms with Crippen LogP contribution in [0, 0.1) is 27.6 Å². The second-order valence-corrected chi connectivity index (χ2v) is 21.7. The number of nitriles is 1. The van der Waals surface area contributed by atoms with Crippen molar-refractivity contribution < 1.29 is 27.8 Å². The number of hydrogen-bond acceptors (Lipinski definition) is 9. The van der Waals surface area contributed by atoms with Crippen molar-refractivity contribution in [3.63, 3.8) is 0 Å². The fourth-order valence-corrected chi connectivity index (χ4v) is 13.2. The molecule has 13 nitrogen and oxygen atoms in total. The molecule has 368 valence electrons. The van der Waals surface area contributed by atoms with Gasteiger partial charge in [0, 0.05) is 115 Å². The number of aromatic nitrogens is 4. The zero-order chi connectivity index (χ0) is 49.3. The van der Waals surface area contributed by atoms with Crippen molar-refractivity contribution in [1.29, 1.82) is 5.26 Å². The summed E-state index contributed by atoms with van der Waals surface area (Å²) in [6.45, 7) is 13.7. The van der Waals surface area contributed by atoms with Crippen LogP contribution in [-0.4, -0.2) is 81.7 Å². The Bertz CT molecular complexity index is 2840. The maximum absolute atomic E-state index is 14.8. The molecule has 5 heterocycles. The van der Waals surface area contributed by atoms with Gasteiger partial charge in [0.25, 0.3) is 12.3 Å². The summed E-state index contributed by atoms with van der Waals surface area (Å²) < 4.78 is 45.5. The largest absolute Gasteiger partial charge is 0.495 e. The zero-order valence-corrected chi connectivity index (χ0v) is 41.5. The summed E-state index contributed by atoms with van der Waals surface area (Å²) in [6, 6.07) is 19.1. The van der Waals surface area contributed by atoms with E-state index >= 15 is 0 Å². The van der Waals surface area contributed by atoms with Gasteiger partial charge in [0.15, 0.2) is 5.82 Å². The lowest BCUT2D eigenvalue weighted by atomic mass is 9.49. The highest BCUT2D eigenvalue weighted by molar-refractivity contribution is 5.95. The molecule has 3 aliphatic heterocycles. The van der Waals surface area contributed by atoms with E-state index in [0.29, 0.717) is 59.8 Å². The highest BCUT2D eigenvalue weighted by Gasteiger charge is 2.64. The Balaban J connectivity index is 0.820. The number of fused-ring (bicyclic) bond motifs is 2. The third-order valence-electron chi connectivity index (χ3n) is 16.6. The van der Waals surface area contributed by atoms with Crippen LogP contribution >= 0.6 is 0 Å². The number of nitrogens with one attached hydrogen (secondary N) is 1. The quantitative estimate of drug-likeness (QED) is 0.145. The SMILES string of the molecule is COc1cc(OC2C(C)(C)C(NC(=O)c3ccc(N4CCCC5(CCC(n6nc(N7CCCc8cc(-c9cnn(C)c9)c(C(F)F)cc87)c7c6CCN(C(C)=O)C7)CC5)C4)cc3)C2(C)C)ccc1C#N. The number of ether oxygens (including phenoxy) is 2. The number of piperidine rings is 1. The van der Waals surface area contributed by atoms with Gasteiger partial charge in [-0.3, -0.25) is 19.0 Å². The Morgan fingerprint density at radius 3 is 2.37 bits per heavy atom. The lowest BCUT2D eigenvalue weighted by Gasteiger charge is -2.63. The molecule has 1 spiro atoms. The molecule has 70 heavy (non-hydrogen) atoms. The fraction of sp³-hybridized carbons (Fsp3) is 0.509. The molecule has 2 aliphatic carbocycles. The van der Waals surface area contributed by atoms with E-state index < -0.39 is 6.43 Å². The van der Waals surface area contributed by atoms with E-state index in [-0.39, 0.29) is 51.8 Å². The molecule has 2 saturated carbocycles. The Morgan fingerprint density at radius 1 is 0.943 bits per heavy atom. The topological polar surface area (TPSA) is 134 Å². The predicted octanol–water partition coefficient (Wildman–Crippen LogP) is 10.1. The fourth-order valence-electron chi connectivity index (χ4n) is 13.2. The summed E-state index contributed by atoms with van der Waals surface area (Å²) in [5.74, 6) is 1.79. The van der Waals surface area contributed by atoms with Crippen LogP contribution in [0.1, 0.15) is 130 Å². The molecule has 15 heteroatoms. The number of hydrogen-bond donors (Lipinski definition) is 1. The molecular weight excluding hydrogens is 889 g/mol. The average Bonchev–Trinajstić information content (AvgIpc) is 3.97. The van der Waals surface area contributed by atoms with E-state index in [1.165, 1.54) is 13.5 Å². The Kier molecular flexibility index (Phi) is 12.2. The van der Waals surface area contributed by atoms with Crippen molar-refractivity contribution in [3.8, 4) is 28.7 Å². The molecule has 1 saturated heterocycles. The molecule has 1 N–H and O–H groups in total. The first kappa shape index (κ1) is 47.3. The molecule has 10 rings (SSSR count). The first-order valence-electron chi connectivity index (χ1n) is 25.0. The minimum absolute atomic E-state index is 0.0138. The summed E-state index contributed by atoms with van der Waals surface area (Å²) in [5.41, 5.74) is 6.78. The number of carbonyl (C=O) groups excluding carboxylic acids is 2. The summed E-state index contributed by atoms with van der Waals surface area (Å²) in [7, 11) is 3.33. The van der Waals surface area contributed by atoms with Gasteiger partial charge < -0.3 is 29.5 Å². The van der Waals surface area contributed by atoms with Gasteiger partial charge in [0.1, 0.15) is 23.7 Å². The van der Waals surface area contributed by atoms with Crippen molar-refractivity contribution in [2.75, 3.05) is 43.1 Å². The molecule has 3 fully saturated rings. The molecule has 2 amide bonds. The molecule has 0 unspecified atom stereocenters. The number of halogens is 2. The van der Waals surface area contributed by atoms with Crippen molar-refractivity contribution in [1.82, 2.24) is 29.8 Å². The van der Waals surface area contributed by atoms with Gasteiger partial charge >= 0.3 is 0 Å². The summed E-state index contributed by atoms with van der Waals surface area (Å²) in [4.78, 5) is 33.1. The number of anilines is 3. The number of aryl methyl sites for hydroxylation is 2. The Morgan fingerprint density at radius 2 is 1.70 bits per heavy atom. The van der Waals surface area contributed by atoms with E-state index in [2.05, 4.69) is 70.8 Å². The molecule has 5 aliphatic rings. The molecule has 3 aromatic carbocycles. The molecule has 2 aromatic heterocycles. The monoisotopic (exact) mass is 954 g/mol. The number of alkyl halides is 2. The average molecular weight is 954 g/mol. The third-order valence-corrected chi connectivity index (χ3v) is 16.6. The van der Waals surface area contributed by atoms with E-state index in [4.69, 9.17) is 14.6 Å². The van der Waals surface area contributed by atoms with Crippen LogP contribution in [-0.2, 0) is 31.2 Å². The number of rotatable bonds is 10. The van der Waals surface area contributed by atoms with Crippen LogP contribution in [0.5, 0.6) is 11.5 Å². The minimum atomic E-state index is -2.66. The van der Waals surface area contributed by atoms with Crippen molar-refractivity contribution >= 4 is 29.0 Å². The van der Waals surface area contributed by atoms with Gasteiger partial charge in [-0.25, -0.2) is 8.78 Å². The van der Waals surface area contributed by atoms with Crippen LogP contribution in [0.2, 0.25) is 0 Å². The van der Waals surface area contributed by atoms with Crippen LogP contribution in [0.3, 0.4) is 0 Å². The van der Waals surface area contributed by atoms with E-state index in [1.807, 2.05) is 23.1 Å². The summed E-state index contributed by atoms with van der Waals surface area (Å²) in [5, 5.41) is 22.5. The Hall–Kier alpha value is -6.43. The summed E-state index contributed by atoms with van der Waals surface area (Å²) >= 11 is 0. The number of methoxy groups -OCH3 is 1. The molecule has 0 bridgehead atoms. The van der Waals surface area contributed by atoms with E-state index in [9.17, 15) is 23.6 Å². The van der Waals surface area contributed by atoms with Crippen LogP contribution in [0.15, 0.2) is 67.0 Å². The van der Waals surface area contributed by atoms with Crippen LogP contribution in [0.4, 0.5) is 26.0 Å². The first-order chi connectivity index (χ1) is 33.5. The van der Waals surface area contributed by atoms with Gasteiger partial charge in [-0.15, -0.1) is 0 Å². The lowest BCUT2D eigenvalue weighted by molar-refractivity contribution is -0.164. The predicted molar refractivity (Wildman–Crippen MR) is 265 cm³/mol. The second kappa shape index (κ2) is 18.1. The number of amides is 2. The van der Waals surface area contributed by atoms with Crippen molar-refractivity contribution in [3.05, 3.63) is 101 Å². The van der Waals surface area contributed by atoms with Crippen molar-refractivity contribution in [2.45, 2.75) is 124 Å².